The summed E-state index contributed by atoms with van der Waals surface area (Å²) in [7, 11) is 0. The molecule has 0 aliphatic heterocycles. The largest absolute Gasteiger partial charge is 0.465 e. The normalized spacial score (nSPS) is 8.82. The van der Waals surface area contributed by atoms with Gasteiger partial charge in [-0.25, -0.2) is 9.59 Å². The minimum Gasteiger partial charge on any atom is -0.465 e. The van der Waals surface area contributed by atoms with Crippen molar-refractivity contribution in [2.45, 2.75) is 41.0 Å². The van der Waals surface area contributed by atoms with Crippen LogP contribution in [0, 0.1) is 23.7 Å². The maximum Gasteiger partial charge on any atom is 0.408 e. The maximum absolute atomic E-state index is 11.6. The lowest BCUT2D eigenvalue weighted by atomic mass is 10.1. The van der Waals surface area contributed by atoms with Gasteiger partial charge in [-0.1, -0.05) is 57.8 Å². The first-order valence-corrected chi connectivity index (χ1v) is 13.4. The van der Waals surface area contributed by atoms with E-state index in [1.54, 1.807) is 31.2 Å². The summed E-state index contributed by atoms with van der Waals surface area (Å²) in [5.41, 5.74) is 1.45. The Balaban J connectivity index is 0. The van der Waals surface area contributed by atoms with Crippen molar-refractivity contribution in [2.75, 3.05) is 59.1 Å². The molecule has 11 heteroatoms. The van der Waals surface area contributed by atoms with Gasteiger partial charge in [0.25, 0.3) is 0 Å². The van der Waals surface area contributed by atoms with Crippen LogP contribution in [0.15, 0.2) is 24.3 Å². The fourth-order valence-electron chi connectivity index (χ4n) is 2.29. The Kier molecular flexibility index (Phi) is 28.1. The Hall–Kier alpha value is -4.06. The highest BCUT2D eigenvalue weighted by Gasteiger charge is 2.02. The van der Waals surface area contributed by atoms with Gasteiger partial charge in [-0.3, -0.25) is 4.79 Å². The summed E-state index contributed by atoms with van der Waals surface area (Å²) < 4.78 is 14.6. The Morgan fingerprint density at radius 1 is 0.750 bits per heavy atom. The molecule has 0 aliphatic carbocycles. The quantitative estimate of drug-likeness (QED) is 0.0938. The van der Waals surface area contributed by atoms with Crippen molar-refractivity contribution < 1.29 is 33.4 Å². The second-order valence-electron chi connectivity index (χ2n) is 7.25. The fourth-order valence-corrected chi connectivity index (χ4v) is 2.29. The number of aldehydes is 1. The number of nitrogens with one attached hydrogen (secondary N) is 4. The Morgan fingerprint density at radius 3 is 1.62 bits per heavy atom. The molecule has 0 spiro atoms. The van der Waals surface area contributed by atoms with Crippen molar-refractivity contribution in [3.05, 3.63) is 35.4 Å². The molecule has 0 aromatic heterocycles. The predicted molar refractivity (Wildman–Crippen MR) is 155 cm³/mol. The van der Waals surface area contributed by atoms with Gasteiger partial charge in [-0.15, -0.1) is 0 Å². The Morgan fingerprint density at radius 2 is 1.20 bits per heavy atom. The van der Waals surface area contributed by atoms with Crippen LogP contribution < -0.4 is 21.3 Å². The number of benzene rings is 1. The number of alkyl carbamates (subject to hydrolysis) is 2. The molecule has 40 heavy (non-hydrogen) atoms. The first-order valence-electron chi connectivity index (χ1n) is 13.4. The third kappa shape index (κ3) is 25.6. The van der Waals surface area contributed by atoms with E-state index in [1.165, 1.54) is 6.42 Å². The van der Waals surface area contributed by atoms with E-state index >= 15 is 0 Å². The summed E-state index contributed by atoms with van der Waals surface area (Å²) in [5.74, 6) is 10.9. The van der Waals surface area contributed by atoms with Crippen LogP contribution in [-0.4, -0.2) is 83.5 Å². The molecule has 0 atom stereocenters. The van der Waals surface area contributed by atoms with E-state index in [9.17, 15) is 19.2 Å². The highest BCUT2D eigenvalue weighted by Crippen LogP contribution is 2.01. The first-order chi connectivity index (χ1) is 19.5. The number of ether oxygens (including phenoxy) is 3. The number of esters is 1. The van der Waals surface area contributed by atoms with Crippen LogP contribution >= 0.6 is 0 Å². The number of hydrogen-bond acceptors (Lipinski definition) is 9. The van der Waals surface area contributed by atoms with Crippen molar-refractivity contribution in [3.63, 3.8) is 0 Å². The zero-order valence-electron chi connectivity index (χ0n) is 24.3. The highest BCUT2D eigenvalue weighted by atomic mass is 16.6. The van der Waals surface area contributed by atoms with Crippen LogP contribution in [0.25, 0.3) is 0 Å². The van der Waals surface area contributed by atoms with Crippen LogP contribution in [0.5, 0.6) is 0 Å². The number of carbonyl (C=O) groups excluding carboxylic acids is 4. The number of amides is 2. The summed E-state index contributed by atoms with van der Waals surface area (Å²) in [6, 6.07) is 7.08. The Bertz CT molecular complexity index is 945. The average molecular weight is 561 g/mol. The summed E-state index contributed by atoms with van der Waals surface area (Å²) in [4.78, 5) is 44.3. The topological polar surface area (TPSA) is 144 Å². The van der Waals surface area contributed by atoms with Gasteiger partial charge in [0.15, 0.2) is 13.2 Å². The fraction of sp³-hybridized carbons (Fsp3) is 0.517. The predicted octanol–water partition coefficient (Wildman–Crippen LogP) is 2.23. The molecule has 0 unspecified atom stereocenters. The molecule has 2 amide bonds. The molecule has 0 radical (unpaired) electrons. The molecule has 1 rings (SSSR count). The molecule has 11 nitrogen and oxygen atoms in total. The van der Waals surface area contributed by atoms with E-state index < -0.39 is 12.2 Å². The summed E-state index contributed by atoms with van der Waals surface area (Å²) in [5, 5.41) is 10.7. The van der Waals surface area contributed by atoms with Crippen molar-refractivity contribution >= 4 is 24.4 Å². The third-order valence-corrected chi connectivity index (χ3v) is 3.85. The van der Waals surface area contributed by atoms with E-state index in [2.05, 4.69) is 58.8 Å². The molecular formula is C29H44N4O7. The van der Waals surface area contributed by atoms with Gasteiger partial charge < -0.3 is 40.3 Å². The van der Waals surface area contributed by atoms with Crippen molar-refractivity contribution in [1.82, 2.24) is 21.3 Å². The lowest BCUT2D eigenvalue weighted by Crippen LogP contribution is -2.34. The van der Waals surface area contributed by atoms with E-state index in [0.29, 0.717) is 32.8 Å². The zero-order chi connectivity index (χ0) is 30.3. The molecule has 4 N–H and O–H groups in total. The summed E-state index contributed by atoms with van der Waals surface area (Å²) in [6.45, 7) is 12.0. The van der Waals surface area contributed by atoms with E-state index in [1.807, 2.05) is 13.8 Å². The zero-order valence-corrected chi connectivity index (χ0v) is 24.3. The van der Waals surface area contributed by atoms with Gasteiger partial charge in [0.1, 0.15) is 6.29 Å². The second-order valence-corrected chi connectivity index (χ2v) is 7.25. The van der Waals surface area contributed by atoms with E-state index in [0.717, 1.165) is 17.4 Å². The molecule has 1 aromatic carbocycles. The minimum absolute atomic E-state index is 0.0595. The standard InChI is InChI=1S/C24H30N4O7.C3H8.C2H6/c1-2-33-22(30)19-26-12-14-28-24(32)35-18-4-6-21-9-7-20(8-10-21)5-3-17-34-23(31)27-13-11-25-15-16-29;1-3-2;1-2/h7-10,16,25-26H,2,11-15,17-19H2,1H3,(H,27,31)(H,28,32);3H2,1-2H3;1-2H3. The maximum atomic E-state index is 11.6. The Labute approximate surface area is 238 Å². The van der Waals surface area contributed by atoms with Crippen LogP contribution in [0.3, 0.4) is 0 Å². The molecule has 0 bridgehead atoms. The van der Waals surface area contributed by atoms with Gasteiger partial charge in [0.2, 0.25) is 0 Å². The van der Waals surface area contributed by atoms with Crippen molar-refractivity contribution in [1.29, 1.82) is 0 Å². The van der Waals surface area contributed by atoms with Crippen LogP contribution in [0.2, 0.25) is 0 Å². The van der Waals surface area contributed by atoms with Crippen LogP contribution in [0.4, 0.5) is 9.59 Å². The third-order valence-electron chi connectivity index (χ3n) is 3.85. The number of hydrogen-bond donors (Lipinski definition) is 4. The molecule has 0 saturated heterocycles. The van der Waals surface area contributed by atoms with Crippen LogP contribution in [0.1, 0.15) is 52.2 Å². The van der Waals surface area contributed by atoms with E-state index in [-0.39, 0.29) is 32.3 Å². The lowest BCUT2D eigenvalue weighted by Gasteiger charge is -2.06. The van der Waals surface area contributed by atoms with E-state index in [4.69, 9.17) is 14.2 Å². The molecule has 0 fully saturated rings. The highest BCUT2D eigenvalue weighted by molar-refractivity contribution is 5.71. The summed E-state index contributed by atoms with van der Waals surface area (Å²) in [6.07, 6.45) is 0.802. The molecule has 0 heterocycles. The second kappa shape index (κ2) is 29.5. The molecule has 1 aromatic rings. The van der Waals surface area contributed by atoms with Gasteiger partial charge in [-0.2, -0.15) is 0 Å². The van der Waals surface area contributed by atoms with Crippen molar-refractivity contribution in [3.8, 4) is 23.7 Å². The average Bonchev–Trinajstić information content (AvgIpc) is 2.95. The molecule has 0 aliphatic rings. The minimum atomic E-state index is -0.603. The van der Waals surface area contributed by atoms with Crippen molar-refractivity contribution in [2.24, 2.45) is 0 Å². The smallest absolute Gasteiger partial charge is 0.408 e. The monoisotopic (exact) mass is 560 g/mol. The SMILES string of the molecule is CC.CCC.CCOC(=O)CNCCNC(=O)OCC#Cc1ccc(C#CCOC(=O)NCCNCC=O)cc1. The van der Waals surface area contributed by atoms with Gasteiger partial charge in [-0.05, 0) is 31.2 Å². The first kappa shape index (κ1) is 38.1. The number of rotatable bonds is 13. The van der Waals surface area contributed by atoms with Gasteiger partial charge >= 0.3 is 18.2 Å². The molecular weight excluding hydrogens is 516 g/mol. The number of carbonyl (C=O) groups is 4. The molecule has 0 saturated carbocycles. The van der Waals surface area contributed by atoms with Gasteiger partial charge in [0, 0.05) is 37.3 Å². The lowest BCUT2D eigenvalue weighted by molar-refractivity contribution is -0.142. The molecule has 222 valence electrons. The van der Waals surface area contributed by atoms with Crippen LogP contribution in [-0.2, 0) is 23.8 Å². The van der Waals surface area contributed by atoms with Gasteiger partial charge in [0.05, 0.1) is 19.7 Å². The summed E-state index contributed by atoms with van der Waals surface area (Å²) >= 11 is 0.